The van der Waals surface area contributed by atoms with Gasteiger partial charge in [-0.2, -0.15) is 0 Å². The molecule has 0 aliphatic carbocycles. The van der Waals surface area contributed by atoms with Gasteiger partial charge in [0, 0.05) is 16.1 Å². The van der Waals surface area contributed by atoms with Crippen LogP contribution in [0.3, 0.4) is 0 Å². The van der Waals surface area contributed by atoms with Crippen LogP contribution in [0, 0.1) is 0 Å². The highest BCUT2D eigenvalue weighted by Crippen LogP contribution is 2.17. The second-order valence-corrected chi connectivity index (χ2v) is 5.04. The van der Waals surface area contributed by atoms with E-state index in [-0.39, 0.29) is 18.3 Å². The van der Waals surface area contributed by atoms with Crippen molar-refractivity contribution in [3.8, 4) is 5.75 Å². The first-order valence-electron chi connectivity index (χ1n) is 7.04. The number of rotatable bonds is 7. The summed E-state index contributed by atoms with van der Waals surface area (Å²) < 4.78 is 5.30. The van der Waals surface area contributed by atoms with Gasteiger partial charge in [0.05, 0.1) is 6.61 Å². The quantitative estimate of drug-likeness (QED) is 0.625. The number of amides is 1. The Morgan fingerprint density at radius 1 is 1.00 bits per heavy atom. The minimum atomic E-state index is -0.381. The van der Waals surface area contributed by atoms with Crippen LogP contribution in [0.25, 0.3) is 0 Å². The molecular formula is C17H16ClNO4. The molecule has 0 bridgehead atoms. The summed E-state index contributed by atoms with van der Waals surface area (Å²) in [4.78, 5) is 28.4. The fourth-order valence-electron chi connectivity index (χ4n) is 1.80. The number of benzene rings is 2. The van der Waals surface area contributed by atoms with E-state index in [2.05, 4.69) is 5.48 Å². The number of halogens is 1. The Balaban J connectivity index is 1.95. The number of carbonyl (C=O) groups is 2. The molecule has 0 saturated carbocycles. The highest BCUT2D eigenvalue weighted by atomic mass is 35.5. The molecule has 0 radical (unpaired) electrons. The molecule has 0 aliphatic rings. The summed E-state index contributed by atoms with van der Waals surface area (Å²) in [7, 11) is 0. The van der Waals surface area contributed by atoms with Crippen molar-refractivity contribution >= 4 is 23.3 Å². The van der Waals surface area contributed by atoms with Crippen molar-refractivity contribution < 1.29 is 19.2 Å². The van der Waals surface area contributed by atoms with Gasteiger partial charge < -0.3 is 4.74 Å². The second kappa shape index (κ2) is 8.31. The third-order valence-electron chi connectivity index (χ3n) is 2.92. The molecule has 1 amide bonds. The Labute approximate surface area is 139 Å². The van der Waals surface area contributed by atoms with E-state index >= 15 is 0 Å². The van der Waals surface area contributed by atoms with E-state index < -0.39 is 0 Å². The van der Waals surface area contributed by atoms with Gasteiger partial charge in [-0.25, -0.2) is 5.48 Å². The summed E-state index contributed by atoms with van der Waals surface area (Å²) in [6, 6.07) is 13.3. The molecule has 0 aromatic heterocycles. The van der Waals surface area contributed by atoms with Crippen molar-refractivity contribution in [2.24, 2.45) is 0 Å². The van der Waals surface area contributed by atoms with Gasteiger partial charge in [0.2, 0.25) is 0 Å². The highest BCUT2D eigenvalue weighted by molar-refractivity contribution is 6.30. The van der Waals surface area contributed by atoms with Crippen molar-refractivity contribution in [1.82, 2.24) is 5.48 Å². The first kappa shape index (κ1) is 17.0. The molecule has 1 N–H and O–H groups in total. The molecule has 0 atom stereocenters. The van der Waals surface area contributed by atoms with Crippen molar-refractivity contribution in [3.63, 3.8) is 0 Å². The Morgan fingerprint density at radius 2 is 1.57 bits per heavy atom. The molecule has 2 aromatic carbocycles. The van der Waals surface area contributed by atoms with Gasteiger partial charge >= 0.3 is 0 Å². The normalized spacial score (nSPS) is 10.2. The van der Waals surface area contributed by atoms with Gasteiger partial charge in [-0.05, 0) is 55.5 Å². The summed E-state index contributed by atoms with van der Waals surface area (Å²) in [5.41, 5.74) is 3.31. The largest absolute Gasteiger partial charge is 0.484 e. The summed E-state index contributed by atoms with van der Waals surface area (Å²) in [6.07, 6.45) is 0. The molecule has 6 heteroatoms. The average Bonchev–Trinajstić information content (AvgIpc) is 2.58. The van der Waals surface area contributed by atoms with Crippen molar-refractivity contribution in [2.45, 2.75) is 6.92 Å². The van der Waals surface area contributed by atoms with Crippen molar-refractivity contribution in [1.29, 1.82) is 0 Å². The Kier molecular flexibility index (Phi) is 6.14. The molecule has 2 rings (SSSR count). The van der Waals surface area contributed by atoms with Gasteiger partial charge in [0.15, 0.2) is 12.4 Å². The molecule has 2 aromatic rings. The van der Waals surface area contributed by atoms with Crippen LogP contribution in [0.1, 0.15) is 22.8 Å². The first-order valence-corrected chi connectivity index (χ1v) is 7.41. The fraction of sp³-hybridized carbons (Fsp3) is 0.176. The minimum absolute atomic E-state index is 0.109. The van der Waals surface area contributed by atoms with Crippen molar-refractivity contribution in [2.75, 3.05) is 13.2 Å². The lowest BCUT2D eigenvalue weighted by Crippen LogP contribution is -2.28. The molecule has 0 fully saturated rings. The molecule has 0 spiro atoms. The number of nitrogens with one attached hydrogen (secondary N) is 1. The molecule has 5 nitrogen and oxygen atoms in total. The van der Waals surface area contributed by atoms with Gasteiger partial charge in [-0.1, -0.05) is 11.6 Å². The summed E-state index contributed by atoms with van der Waals surface area (Å²) in [5.74, 6) is -0.000206. The first-order chi connectivity index (χ1) is 11.1. The van der Waals surface area contributed by atoms with Crippen LogP contribution in [-0.2, 0) is 9.63 Å². The summed E-state index contributed by atoms with van der Waals surface area (Å²) >= 11 is 5.81. The molecule has 0 aliphatic heterocycles. The zero-order valence-corrected chi connectivity index (χ0v) is 13.3. The van der Waals surface area contributed by atoms with Gasteiger partial charge in [-0.15, -0.1) is 0 Å². The van der Waals surface area contributed by atoms with E-state index in [4.69, 9.17) is 21.2 Å². The Morgan fingerprint density at radius 3 is 2.13 bits per heavy atom. The molecule has 0 heterocycles. The van der Waals surface area contributed by atoms with Gasteiger partial charge in [-0.3, -0.25) is 14.4 Å². The maximum atomic E-state index is 12.3. The maximum absolute atomic E-state index is 12.3. The Bertz CT molecular complexity index is 668. The van der Waals surface area contributed by atoms with Crippen LogP contribution in [0.5, 0.6) is 5.75 Å². The van der Waals surface area contributed by atoms with Gasteiger partial charge in [0.25, 0.3) is 5.91 Å². The van der Waals surface area contributed by atoms with E-state index in [0.29, 0.717) is 28.5 Å². The van der Waals surface area contributed by atoms with E-state index in [9.17, 15) is 9.59 Å². The zero-order valence-electron chi connectivity index (χ0n) is 12.5. The minimum Gasteiger partial charge on any atom is -0.484 e. The lowest BCUT2D eigenvalue weighted by atomic mass is 10.0. The van der Waals surface area contributed by atoms with Crippen LogP contribution >= 0.6 is 11.6 Å². The van der Waals surface area contributed by atoms with Crippen LogP contribution < -0.4 is 10.2 Å². The topological polar surface area (TPSA) is 64.6 Å². The Hall–Kier alpha value is -2.37. The summed E-state index contributed by atoms with van der Waals surface area (Å²) in [6.45, 7) is 1.98. The molecule has 0 unspecified atom stereocenters. The third-order valence-corrected chi connectivity index (χ3v) is 3.18. The standard InChI is InChI=1S/C17H16ClNO4/c1-2-23-19-16(20)11-22-15-9-5-13(6-10-15)17(21)12-3-7-14(18)8-4-12/h3-10H,2,11H2,1H3,(H,19,20). The lowest BCUT2D eigenvalue weighted by molar-refractivity contribution is -0.135. The molecule has 120 valence electrons. The lowest BCUT2D eigenvalue weighted by Gasteiger charge is -2.07. The number of ketones is 1. The predicted octanol–water partition coefficient (Wildman–Crippen LogP) is 3.02. The predicted molar refractivity (Wildman–Crippen MR) is 86.6 cm³/mol. The van der Waals surface area contributed by atoms with E-state index in [1.54, 1.807) is 55.5 Å². The second-order valence-electron chi connectivity index (χ2n) is 4.61. The monoisotopic (exact) mass is 333 g/mol. The fourth-order valence-corrected chi connectivity index (χ4v) is 1.93. The molecule has 23 heavy (non-hydrogen) atoms. The number of hydrogen-bond donors (Lipinski definition) is 1. The number of carbonyl (C=O) groups excluding carboxylic acids is 2. The molecule has 0 saturated heterocycles. The number of ether oxygens (including phenoxy) is 1. The molecular weight excluding hydrogens is 318 g/mol. The summed E-state index contributed by atoms with van der Waals surface area (Å²) in [5, 5.41) is 0.579. The SMILES string of the molecule is CCONC(=O)COc1ccc(C(=O)c2ccc(Cl)cc2)cc1. The number of hydrogen-bond acceptors (Lipinski definition) is 4. The van der Waals surface area contributed by atoms with Gasteiger partial charge in [0.1, 0.15) is 5.75 Å². The zero-order chi connectivity index (χ0) is 16.7. The van der Waals surface area contributed by atoms with E-state index in [1.165, 1.54) is 0 Å². The van der Waals surface area contributed by atoms with Crippen LogP contribution in [-0.4, -0.2) is 24.9 Å². The van der Waals surface area contributed by atoms with E-state index in [1.807, 2.05) is 0 Å². The maximum Gasteiger partial charge on any atom is 0.281 e. The highest BCUT2D eigenvalue weighted by Gasteiger charge is 2.09. The van der Waals surface area contributed by atoms with E-state index in [0.717, 1.165) is 0 Å². The number of hydroxylamine groups is 1. The van der Waals surface area contributed by atoms with Crippen LogP contribution in [0.2, 0.25) is 5.02 Å². The third kappa shape index (κ3) is 5.09. The smallest absolute Gasteiger partial charge is 0.281 e. The van der Waals surface area contributed by atoms with Crippen LogP contribution in [0.4, 0.5) is 0 Å². The van der Waals surface area contributed by atoms with Crippen LogP contribution in [0.15, 0.2) is 48.5 Å². The average molecular weight is 334 g/mol. The van der Waals surface area contributed by atoms with Crippen molar-refractivity contribution in [3.05, 3.63) is 64.7 Å².